The van der Waals surface area contributed by atoms with Crippen LogP contribution in [-0.2, 0) is 6.42 Å². The number of rotatable bonds is 4. The lowest BCUT2D eigenvalue weighted by molar-refractivity contribution is 0.785. The average Bonchev–Trinajstić information content (AvgIpc) is 2.72. The van der Waals surface area contributed by atoms with Crippen LogP contribution in [0.5, 0.6) is 0 Å². The van der Waals surface area contributed by atoms with E-state index >= 15 is 0 Å². The number of halogens is 3. The van der Waals surface area contributed by atoms with Gasteiger partial charge in [-0.25, -0.2) is 0 Å². The summed E-state index contributed by atoms with van der Waals surface area (Å²) in [6.07, 6.45) is 1.08. The molecule has 0 fully saturated rings. The summed E-state index contributed by atoms with van der Waals surface area (Å²) in [7, 11) is 0. The van der Waals surface area contributed by atoms with Gasteiger partial charge in [0.1, 0.15) is 0 Å². The minimum absolute atomic E-state index is 0.526. The van der Waals surface area contributed by atoms with Gasteiger partial charge in [0, 0.05) is 14.7 Å². The molecule has 0 nitrogen and oxygen atoms in total. The number of hydrogen-bond donors (Lipinski definition) is 0. The van der Waals surface area contributed by atoms with Gasteiger partial charge in [0.25, 0.3) is 0 Å². The number of thiophene rings is 1. The second kappa shape index (κ2) is 6.50. The van der Waals surface area contributed by atoms with Crippen molar-refractivity contribution < 1.29 is 0 Å². The largest absolute Gasteiger partial charge is 0.133 e. The number of alkyl halides is 1. The molecule has 0 aliphatic heterocycles. The van der Waals surface area contributed by atoms with Gasteiger partial charge in [-0.05, 0) is 58.1 Å². The lowest BCUT2D eigenvalue weighted by Crippen LogP contribution is -2.03. The molecule has 90 valence electrons. The summed E-state index contributed by atoms with van der Waals surface area (Å²) >= 11 is 12.5. The molecule has 1 atom stereocenters. The smallest absolute Gasteiger partial charge is 0.0701 e. The molecule has 0 bridgehead atoms. The van der Waals surface area contributed by atoms with Crippen molar-refractivity contribution in [1.82, 2.24) is 0 Å². The summed E-state index contributed by atoms with van der Waals surface area (Å²) in [6, 6.07) is 12.9. The summed E-state index contributed by atoms with van der Waals surface area (Å²) in [5.41, 5.74) is 1.38. The van der Waals surface area contributed by atoms with Crippen LogP contribution in [0.3, 0.4) is 0 Å². The van der Waals surface area contributed by atoms with E-state index in [9.17, 15) is 0 Å². The van der Waals surface area contributed by atoms with Crippen molar-refractivity contribution in [2.45, 2.75) is 12.3 Å². The zero-order valence-electron chi connectivity index (χ0n) is 9.00. The number of benzene rings is 1. The van der Waals surface area contributed by atoms with E-state index in [1.165, 1.54) is 14.2 Å². The van der Waals surface area contributed by atoms with Crippen molar-refractivity contribution in [2.75, 3.05) is 5.33 Å². The first-order valence-corrected chi connectivity index (χ1v) is 8.77. The second-order valence-corrected chi connectivity index (χ2v) is 7.93. The molecular weight excluding hydrogens is 428 g/mol. The standard InChI is InChI=1S/C13H11Br3S/c14-8-10(7-12-4-5-13(16)17-12)9-2-1-3-11(15)6-9/h1-6,10H,7-8H2. The Bertz CT molecular complexity index is 493. The molecule has 2 rings (SSSR count). The molecule has 17 heavy (non-hydrogen) atoms. The Morgan fingerprint density at radius 2 is 1.94 bits per heavy atom. The summed E-state index contributed by atoms with van der Waals surface area (Å²) < 4.78 is 2.35. The van der Waals surface area contributed by atoms with E-state index in [2.05, 4.69) is 84.2 Å². The van der Waals surface area contributed by atoms with Crippen molar-refractivity contribution >= 4 is 59.1 Å². The predicted octanol–water partition coefficient (Wildman–Crippen LogP) is 5.99. The fourth-order valence-electron chi connectivity index (χ4n) is 1.73. The highest BCUT2D eigenvalue weighted by Gasteiger charge is 2.12. The zero-order chi connectivity index (χ0) is 12.3. The third kappa shape index (κ3) is 3.91. The van der Waals surface area contributed by atoms with Crippen LogP contribution in [0.2, 0.25) is 0 Å². The molecule has 1 heterocycles. The maximum atomic E-state index is 3.62. The third-order valence-electron chi connectivity index (χ3n) is 2.58. The van der Waals surface area contributed by atoms with Crippen molar-refractivity contribution in [1.29, 1.82) is 0 Å². The topological polar surface area (TPSA) is 0 Å². The monoisotopic (exact) mass is 436 g/mol. The molecule has 0 N–H and O–H groups in total. The van der Waals surface area contributed by atoms with Crippen LogP contribution < -0.4 is 0 Å². The molecule has 1 aromatic carbocycles. The summed E-state index contributed by atoms with van der Waals surface area (Å²) in [6.45, 7) is 0. The maximum absolute atomic E-state index is 3.62. The highest BCUT2D eigenvalue weighted by atomic mass is 79.9. The molecule has 0 spiro atoms. The SMILES string of the molecule is BrCC(Cc1ccc(Br)s1)c1cccc(Br)c1. The van der Waals surface area contributed by atoms with E-state index in [-0.39, 0.29) is 0 Å². The summed E-state index contributed by atoms with van der Waals surface area (Å²) in [5.74, 6) is 0.526. The average molecular weight is 439 g/mol. The normalized spacial score (nSPS) is 12.6. The van der Waals surface area contributed by atoms with Crippen LogP contribution in [0.15, 0.2) is 44.7 Å². The lowest BCUT2D eigenvalue weighted by Gasteiger charge is -2.13. The fraction of sp³-hybridized carbons (Fsp3) is 0.231. The van der Waals surface area contributed by atoms with Gasteiger partial charge >= 0.3 is 0 Å². The van der Waals surface area contributed by atoms with Gasteiger partial charge in [0.2, 0.25) is 0 Å². The summed E-state index contributed by atoms with van der Waals surface area (Å²) in [4.78, 5) is 1.42. The first-order chi connectivity index (χ1) is 8.19. The maximum Gasteiger partial charge on any atom is 0.0701 e. The molecule has 1 unspecified atom stereocenters. The van der Waals surface area contributed by atoms with Crippen molar-refractivity contribution in [3.63, 3.8) is 0 Å². The molecule has 0 amide bonds. The molecule has 4 heteroatoms. The zero-order valence-corrected chi connectivity index (χ0v) is 14.6. The number of hydrogen-bond acceptors (Lipinski definition) is 1. The Hall–Kier alpha value is 0.360. The van der Waals surface area contributed by atoms with E-state index in [4.69, 9.17) is 0 Å². The Morgan fingerprint density at radius 1 is 1.12 bits per heavy atom. The van der Waals surface area contributed by atoms with E-state index in [1.54, 1.807) is 0 Å². The van der Waals surface area contributed by atoms with Gasteiger partial charge in [0.05, 0.1) is 3.79 Å². The quantitative estimate of drug-likeness (QED) is 0.514. The van der Waals surface area contributed by atoms with Gasteiger partial charge in [-0.3, -0.25) is 0 Å². The molecular formula is C13H11Br3S. The van der Waals surface area contributed by atoms with Gasteiger partial charge in [-0.2, -0.15) is 0 Å². The molecule has 0 saturated heterocycles. The van der Waals surface area contributed by atoms with Gasteiger partial charge in [0.15, 0.2) is 0 Å². The minimum Gasteiger partial charge on any atom is -0.133 e. The van der Waals surface area contributed by atoms with Crippen LogP contribution in [0, 0.1) is 0 Å². The molecule has 0 aliphatic rings. The van der Waals surface area contributed by atoms with Crippen LogP contribution in [0.1, 0.15) is 16.4 Å². The highest BCUT2D eigenvalue weighted by molar-refractivity contribution is 9.11. The van der Waals surface area contributed by atoms with E-state index in [1.807, 2.05) is 11.3 Å². The Kier molecular flexibility index (Phi) is 5.27. The van der Waals surface area contributed by atoms with E-state index in [0.717, 1.165) is 16.2 Å². The molecule has 0 aliphatic carbocycles. The Balaban J connectivity index is 2.16. The van der Waals surface area contributed by atoms with E-state index < -0.39 is 0 Å². The van der Waals surface area contributed by atoms with Crippen LogP contribution in [-0.4, -0.2) is 5.33 Å². The van der Waals surface area contributed by atoms with E-state index in [0.29, 0.717) is 5.92 Å². The minimum atomic E-state index is 0.526. The predicted molar refractivity (Wildman–Crippen MR) is 86.4 cm³/mol. The van der Waals surface area contributed by atoms with Gasteiger partial charge in [-0.15, -0.1) is 11.3 Å². The molecule has 0 radical (unpaired) electrons. The lowest BCUT2D eigenvalue weighted by atomic mass is 9.97. The van der Waals surface area contributed by atoms with Crippen molar-refractivity contribution in [2.24, 2.45) is 0 Å². The van der Waals surface area contributed by atoms with Crippen molar-refractivity contribution in [3.05, 3.63) is 55.1 Å². The van der Waals surface area contributed by atoms with Crippen molar-refractivity contribution in [3.8, 4) is 0 Å². The van der Waals surface area contributed by atoms with Crippen LogP contribution >= 0.6 is 59.1 Å². The molecule has 0 saturated carbocycles. The Labute approximate surface area is 131 Å². The highest BCUT2D eigenvalue weighted by Crippen LogP contribution is 2.30. The summed E-state index contributed by atoms with van der Waals surface area (Å²) in [5, 5.41) is 0.985. The Morgan fingerprint density at radius 3 is 2.53 bits per heavy atom. The van der Waals surface area contributed by atoms with Crippen LogP contribution in [0.25, 0.3) is 0 Å². The third-order valence-corrected chi connectivity index (χ3v) is 5.50. The molecule has 1 aromatic heterocycles. The van der Waals surface area contributed by atoms with Crippen LogP contribution in [0.4, 0.5) is 0 Å². The molecule has 2 aromatic rings. The first-order valence-electron chi connectivity index (χ1n) is 5.24. The van der Waals surface area contributed by atoms with Gasteiger partial charge < -0.3 is 0 Å². The second-order valence-electron chi connectivity index (χ2n) is 3.82. The van der Waals surface area contributed by atoms with Gasteiger partial charge in [-0.1, -0.05) is 44.0 Å². The fourth-order valence-corrected chi connectivity index (χ4v) is 4.31. The first kappa shape index (κ1) is 13.8.